The monoisotopic (exact) mass is 284 g/mol. The van der Waals surface area contributed by atoms with Gasteiger partial charge in [-0.25, -0.2) is 0 Å². The smallest absolute Gasteiger partial charge is 0.237 e. The van der Waals surface area contributed by atoms with E-state index in [1.54, 1.807) is 0 Å². The Morgan fingerprint density at radius 1 is 1.38 bits per heavy atom. The van der Waals surface area contributed by atoms with Crippen LogP contribution in [0, 0.1) is 5.92 Å². The van der Waals surface area contributed by atoms with Gasteiger partial charge in [0.1, 0.15) is 0 Å². The van der Waals surface area contributed by atoms with E-state index < -0.39 is 6.04 Å². The maximum absolute atomic E-state index is 11.6. The van der Waals surface area contributed by atoms with Gasteiger partial charge in [-0.3, -0.25) is 4.79 Å². The number of carbonyl (C=O) groups excluding carboxylic acids is 1. The van der Waals surface area contributed by atoms with Gasteiger partial charge in [0.2, 0.25) is 5.91 Å². The Balaban J connectivity index is 2.46. The summed E-state index contributed by atoms with van der Waals surface area (Å²) >= 11 is 3.36. The van der Waals surface area contributed by atoms with E-state index in [1.807, 2.05) is 38.1 Å². The quantitative estimate of drug-likeness (QED) is 0.889. The van der Waals surface area contributed by atoms with Gasteiger partial charge in [0.25, 0.3) is 0 Å². The number of rotatable bonds is 4. The van der Waals surface area contributed by atoms with Crippen molar-refractivity contribution in [2.45, 2.75) is 26.4 Å². The average molecular weight is 285 g/mol. The fourth-order valence-electron chi connectivity index (χ4n) is 1.21. The molecule has 4 heteroatoms. The molecule has 3 nitrogen and oxygen atoms in total. The van der Waals surface area contributed by atoms with E-state index in [1.165, 1.54) is 0 Å². The van der Waals surface area contributed by atoms with Gasteiger partial charge in [-0.05, 0) is 23.6 Å². The number of hydrogen-bond acceptors (Lipinski definition) is 2. The lowest BCUT2D eigenvalue weighted by Crippen LogP contribution is -2.43. The van der Waals surface area contributed by atoms with Gasteiger partial charge in [-0.2, -0.15) is 0 Å². The maximum Gasteiger partial charge on any atom is 0.237 e. The van der Waals surface area contributed by atoms with Gasteiger partial charge >= 0.3 is 0 Å². The van der Waals surface area contributed by atoms with Crippen LogP contribution < -0.4 is 11.1 Å². The molecule has 0 saturated carbocycles. The van der Waals surface area contributed by atoms with Crippen molar-refractivity contribution in [1.29, 1.82) is 0 Å². The highest BCUT2D eigenvalue weighted by atomic mass is 79.9. The number of nitrogens with one attached hydrogen (secondary N) is 1. The second-order valence-corrected chi connectivity index (χ2v) is 5.03. The van der Waals surface area contributed by atoms with Crippen LogP contribution in [-0.4, -0.2) is 11.9 Å². The molecule has 0 aromatic heterocycles. The lowest BCUT2D eigenvalue weighted by Gasteiger charge is -2.15. The van der Waals surface area contributed by atoms with Crippen LogP contribution in [0.1, 0.15) is 19.4 Å². The van der Waals surface area contributed by atoms with Gasteiger partial charge < -0.3 is 11.1 Å². The molecule has 3 N–H and O–H groups in total. The zero-order valence-corrected chi connectivity index (χ0v) is 11.1. The standard InChI is InChI=1S/C12H17BrN2O/c1-8(2)11(14)12(16)15-7-9-3-5-10(13)6-4-9/h3-6,8,11H,7,14H2,1-2H3,(H,15,16)/t11-/m1/s1. The minimum absolute atomic E-state index is 0.0991. The molecule has 0 unspecified atom stereocenters. The molecule has 0 fully saturated rings. The number of carbonyl (C=O) groups is 1. The van der Waals surface area contributed by atoms with E-state index in [-0.39, 0.29) is 11.8 Å². The maximum atomic E-state index is 11.6. The molecule has 1 aromatic rings. The molecular weight excluding hydrogens is 268 g/mol. The van der Waals surface area contributed by atoms with Crippen molar-refractivity contribution < 1.29 is 4.79 Å². The highest BCUT2D eigenvalue weighted by Gasteiger charge is 2.16. The first-order chi connectivity index (χ1) is 7.50. The summed E-state index contributed by atoms with van der Waals surface area (Å²) in [7, 11) is 0. The molecule has 0 bridgehead atoms. The highest BCUT2D eigenvalue weighted by Crippen LogP contribution is 2.10. The summed E-state index contributed by atoms with van der Waals surface area (Å²) in [6.07, 6.45) is 0. The Morgan fingerprint density at radius 3 is 2.44 bits per heavy atom. The molecule has 1 aromatic carbocycles. The lowest BCUT2D eigenvalue weighted by molar-refractivity contribution is -0.123. The van der Waals surface area contributed by atoms with E-state index >= 15 is 0 Å². The number of hydrogen-bond donors (Lipinski definition) is 2. The zero-order valence-electron chi connectivity index (χ0n) is 9.53. The molecule has 1 rings (SSSR count). The van der Waals surface area contributed by atoms with Gasteiger partial charge in [0.15, 0.2) is 0 Å². The third kappa shape index (κ3) is 3.94. The van der Waals surface area contributed by atoms with E-state index in [0.717, 1.165) is 10.0 Å². The summed E-state index contributed by atoms with van der Waals surface area (Å²) in [5.74, 6) is 0.0582. The van der Waals surface area contributed by atoms with Crippen molar-refractivity contribution in [2.24, 2.45) is 11.7 Å². The first kappa shape index (κ1) is 13.2. The average Bonchev–Trinajstić information content (AvgIpc) is 2.26. The summed E-state index contributed by atoms with van der Waals surface area (Å²) in [4.78, 5) is 11.6. The lowest BCUT2D eigenvalue weighted by atomic mass is 10.0. The number of amides is 1. The molecule has 88 valence electrons. The minimum Gasteiger partial charge on any atom is -0.351 e. The fraction of sp³-hybridized carbons (Fsp3) is 0.417. The van der Waals surface area contributed by atoms with Crippen LogP contribution >= 0.6 is 15.9 Å². The van der Waals surface area contributed by atoms with Crippen LogP contribution in [0.15, 0.2) is 28.7 Å². The van der Waals surface area contributed by atoms with Crippen molar-refractivity contribution in [3.8, 4) is 0 Å². The Morgan fingerprint density at radius 2 is 1.94 bits per heavy atom. The number of halogens is 1. The predicted octanol–water partition coefficient (Wildman–Crippen LogP) is 2.05. The molecule has 0 saturated heterocycles. The Labute approximate surface area is 105 Å². The van der Waals surface area contributed by atoms with Gasteiger partial charge in [-0.1, -0.05) is 41.9 Å². The Kier molecular flexibility index (Phi) is 4.96. The van der Waals surface area contributed by atoms with Crippen LogP contribution in [-0.2, 0) is 11.3 Å². The normalized spacial score (nSPS) is 12.6. The third-order valence-corrected chi connectivity index (χ3v) is 2.93. The molecule has 0 aliphatic rings. The van der Waals surface area contributed by atoms with Crippen LogP contribution in [0.4, 0.5) is 0 Å². The third-order valence-electron chi connectivity index (χ3n) is 2.40. The summed E-state index contributed by atoms with van der Waals surface area (Å²) < 4.78 is 1.03. The molecule has 0 spiro atoms. The summed E-state index contributed by atoms with van der Waals surface area (Å²) in [6.45, 7) is 4.39. The van der Waals surface area contributed by atoms with Gasteiger partial charge in [0.05, 0.1) is 6.04 Å². The number of benzene rings is 1. The topological polar surface area (TPSA) is 55.1 Å². The van der Waals surface area contributed by atoms with Crippen molar-refractivity contribution in [2.75, 3.05) is 0 Å². The van der Waals surface area contributed by atoms with Crippen molar-refractivity contribution in [1.82, 2.24) is 5.32 Å². The molecule has 0 radical (unpaired) electrons. The van der Waals surface area contributed by atoms with E-state index in [0.29, 0.717) is 6.54 Å². The summed E-state index contributed by atoms with van der Waals surface area (Å²) in [6, 6.07) is 7.39. The number of nitrogens with two attached hydrogens (primary N) is 1. The minimum atomic E-state index is -0.435. The zero-order chi connectivity index (χ0) is 12.1. The first-order valence-corrected chi connectivity index (χ1v) is 6.07. The molecule has 0 heterocycles. The van der Waals surface area contributed by atoms with E-state index in [9.17, 15) is 4.79 Å². The van der Waals surface area contributed by atoms with Crippen LogP contribution in [0.25, 0.3) is 0 Å². The molecular formula is C12H17BrN2O. The molecule has 0 aliphatic carbocycles. The molecule has 0 aliphatic heterocycles. The predicted molar refractivity (Wildman–Crippen MR) is 68.8 cm³/mol. The van der Waals surface area contributed by atoms with Crippen LogP contribution in [0.3, 0.4) is 0 Å². The summed E-state index contributed by atoms with van der Waals surface area (Å²) in [5.41, 5.74) is 6.79. The van der Waals surface area contributed by atoms with Gasteiger partial charge in [-0.15, -0.1) is 0 Å². The largest absolute Gasteiger partial charge is 0.351 e. The van der Waals surface area contributed by atoms with Gasteiger partial charge in [0, 0.05) is 11.0 Å². The van der Waals surface area contributed by atoms with E-state index in [4.69, 9.17) is 5.73 Å². The molecule has 16 heavy (non-hydrogen) atoms. The Bertz CT molecular complexity index is 349. The van der Waals surface area contributed by atoms with Crippen LogP contribution in [0.5, 0.6) is 0 Å². The SMILES string of the molecule is CC(C)[C@@H](N)C(=O)NCc1ccc(Br)cc1. The second-order valence-electron chi connectivity index (χ2n) is 4.11. The highest BCUT2D eigenvalue weighted by molar-refractivity contribution is 9.10. The molecule has 1 atom stereocenters. The van der Waals surface area contributed by atoms with Crippen LogP contribution in [0.2, 0.25) is 0 Å². The fourth-order valence-corrected chi connectivity index (χ4v) is 1.48. The van der Waals surface area contributed by atoms with E-state index in [2.05, 4.69) is 21.2 Å². The first-order valence-electron chi connectivity index (χ1n) is 5.28. The van der Waals surface area contributed by atoms with Crippen molar-refractivity contribution in [3.63, 3.8) is 0 Å². The molecule has 1 amide bonds. The van der Waals surface area contributed by atoms with Crippen molar-refractivity contribution >= 4 is 21.8 Å². The van der Waals surface area contributed by atoms with Crippen molar-refractivity contribution in [3.05, 3.63) is 34.3 Å². The summed E-state index contributed by atoms with van der Waals surface area (Å²) in [5, 5.41) is 2.82. The second kappa shape index (κ2) is 6.01. The Hall–Kier alpha value is -0.870.